The van der Waals surface area contributed by atoms with Crippen LogP contribution in [0.1, 0.15) is 24.8 Å². The second-order valence-electron chi connectivity index (χ2n) is 5.09. The molecule has 0 radical (unpaired) electrons. The molecule has 0 aromatic carbocycles. The van der Waals surface area contributed by atoms with Crippen molar-refractivity contribution in [1.82, 2.24) is 9.88 Å². The van der Waals surface area contributed by atoms with Gasteiger partial charge in [-0.05, 0) is 43.4 Å². The van der Waals surface area contributed by atoms with Gasteiger partial charge in [0, 0.05) is 45.2 Å². The summed E-state index contributed by atoms with van der Waals surface area (Å²) >= 11 is 0. The van der Waals surface area contributed by atoms with Gasteiger partial charge in [0.15, 0.2) is 0 Å². The first kappa shape index (κ1) is 14.4. The zero-order chi connectivity index (χ0) is 13.3. The van der Waals surface area contributed by atoms with Gasteiger partial charge in [0.1, 0.15) is 0 Å². The molecule has 1 aromatic rings. The normalized spacial score (nSPS) is 17.7. The van der Waals surface area contributed by atoms with E-state index in [2.05, 4.69) is 22.0 Å². The molecule has 4 heteroatoms. The van der Waals surface area contributed by atoms with Crippen molar-refractivity contribution >= 4 is 0 Å². The maximum Gasteiger partial charge on any atom is 0.0599 e. The number of likely N-dealkylation sites (tertiary alicyclic amines) is 1. The topological polar surface area (TPSA) is 45.6 Å². The molecule has 0 amide bonds. The molecular formula is C15H24N2O2. The van der Waals surface area contributed by atoms with Crippen molar-refractivity contribution in [3.63, 3.8) is 0 Å². The van der Waals surface area contributed by atoms with Crippen LogP contribution in [0.25, 0.3) is 0 Å². The molecule has 1 fully saturated rings. The fourth-order valence-electron chi connectivity index (χ4n) is 2.45. The Kier molecular flexibility index (Phi) is 6.27. The summed E-state index contributed by atoms with van der Waals surface area (Å²) in [5.41, 5.74) is 1.36. The zero-order valence-corrected chi connectivity index (χ0v) is 11.5. The molecule has 1 aromatic heterocycles. The predicted octanol–water partition coefficient (Wildman–Crippen LogP) is 1.49. The second-order valence-corrected chi connectivity index (χ2v) is 5.09. The van der Waals surface area contributed by atoms with E-state index in [1.807, 2.05) is 12.4 Å². The van der Waals surface area contributed by atoms with Gasteiger partial charge < -0.3 is 14.7 Å². The lowest BCUT2D eigenvalue weighted by atomic mass is 10.1. The first-order valence-electron chi connectivity index (χ1n) is 7.22. The van der Waals surface area contributed by atoms with E-state index in [-0.39, 0.29) is 6.61 Å². The van der Waals surface area contributed by atoms with Crippen molar-refractivity contribution in [3.8, 4) is 0 Å². The van der Waals surface area contributed by atoms with Crippen molar-refractivity contribution in [2.45, 2.75) is 31.8 Å². The highest BCUT2D eigenvalue weighted by Crippen LogP contribution is 2.14. The third-order valence-corrected chi connectivity index (χ3v) is 3.66. The molecule has 0 saturated carbocycles. The number of piperidine rings is 1. The summed E-state index contributed by atoms with van der Waals surface area (Å²) in [7, 11) is 0. The van der Waals surface area contributed by atoms with E-state index < -0.39 is 0 Å². The van der Waals surface area contributed by atoms with Crippen LogP contribution in [0.3, 0.4) is 0 Å². The third kappa shape index (κ3) is 5.27. The van der Waals surface area contributed by atoms with E-state index >= 15 is 0 Å². The molecule has 0 bridgehead atoms. The minimum atomic E-state index is 0.227. The quantitative estimate of drug-likeness (QED) is 0.758. The van der Waals surface area contributed by atoms with Gasteiger partial charge in [0.05, 0.1) is 6.10 Å². The highest BCUT2D eigenvalue weighted by atomic mass is 16.5. The number of pyridine rings is 1. The highest BCUT2D eigenvalue weighted by molar-refractivity contribution is 5.09. The van der Waals surface area contributed by atoms with Crippen molar-refractivity contribution in [2.75, 3.05) is 32.8 Å². The Morgan fingerprint density at radius 3 is 2.68 bits per heavy atom. The first-order chi connectivity index (χ1) is 9.38. The Bertz CT molecular complexity index is 337. The molecular weight excluding hydrogens is 240 g/mol. The summed E-state index contributed by atoms with van der Waals surface area (Å²) in [4.78, 5) is 6.54. The fourth-order valence-corrected chi connectivity index (χ4v) is 2.45. The van der Waals surface area contributed by atoms with Crippen LogP contribution in [0.4, 0.5) is 0 Å². The van der Waals surface area contributed by atoms with Gasteiger partial charge in [-0.25, -0.2) is 0 Å². The number of aromatic nitrogens is 1. The van der Waals surface area contributed by atoms with Crippen LogP contribution in [0, 0.1) is 0 Å². The van der Waals surface area contributed by atoms with Crippen LogP contribution < -0.4 is 0 Å². The Morgan fingerprint density at radius 1 is 1.26 bits per heavy atom. The van der Waals surface area contributed by atoms with Gasteiger partial charge in [-0.1, -0.05) is 0 Å². The first-order valence-corrected chi connectivity index (χ1v) is 7.22. The van der Waals surface area contributed by atoms with Gasteiger partial charge in [-0.3, -0.25) is 4.98 Å². The van der Waals surface area contributed by atoms with Gasteiger partial charge in [0.2, 0.25) is 0 Å². The van der Waals surface area contributed by atoms with Crippen LogP contribution in [0.5, 0.6) is 0 Å². The Hall–Kier alpha value is -0.970. The van der Waals surface area contributed by atoms with Crippen LogP contribution in [-0.4, -0.2) is 53.9 Å². The molecule has 1 aliphatic rings. The summed E-state index contributed by atoms with van der Waals surface area (Å²) in [6.45, 7) is 4.28. The number of ether oxygens (including phenoxy) is 1. The summed E-state index contributed by atoms with van der Waals surface area (Å²) in [6.07, 6.45) is 8.18. The average Bonchev–Trinajstić information content (AvgIpc) is 2.48. The summed E-state index contributed by atoms with van der Waals surface area (Å²) in [6, 6.07) is 4.18. The number of aliphatic hydroxyl groups is 1. The van der Waals surface area contributed by atoms with Gasteiger partial charge in [-0.15, -0.1) is 0 Å². The molecule has 0 unspecified atom stereocenters. The molecule has 19 heavy (non-hydrogen) atoms. The molecule has 2 heterocycles. The van der Waals surface area contributed by atoms with E-state index in [1.165, 1.54) is 5.56 Å². The lowest BCUT2D eigenvalue weighted by Crippen LogP contribution is -2.38. The Balaban J connectivity index is 1.61. The third-order valence-electron chi connectivity index (χ3n) is 3.66. The predicted molar refractivity (Wildman–Crippen MR) is 75.1 cm³/mol. The number of nitrogens with zero attached hydrogens (tertiary/aromatic N) is 2. The van der Waals surface area contributed by atoms with Crippen molar-refractivity contribution < 1.29 is 9.84 Å². The summed E-state index contributed by atoms with van der Waals surface area (Å²) < 4.78 is 5.74. The minimum Gasteiger partial charge on any atom is -0.396 e. The highest BCUT2D eigenvalue weighted by Gasteiger charge is 2.18. The minimum absolute atomic E-state index is 0.227. The molecule has 2 rings (SSSR count). The summed E-state index contributed by atoms with van der Waals surface area (Å²) in [5.74, 6) is 0. The van der Waals surface area contributed by atoms with Crippen LogP contribution in [-0.2, 0) is 11.2 Å². The largest absolute Gasteiger partial charge is 0.396 e. The molecule has 1 saturated heterocycles. The van der Waals surface area contributed by atoms with Gasteiger partial charge >= 0.3 is 0 Å². The molecule has 1 N–H and O–H groups in total. The van der Waals surface area contributed by atoms with Crippen molar-refractivity contribution in [1.29, 1.82) is 0 Å². The van der Waals surface area contributed by atoms with Gasteiger partial charge in [-0.2, -0.15) is 0 Å². The Morgan fingerprint density at radius 2 is 2.00 bits per heavy atom. The van der Waals surface area contributed by atoms with Gasteiger partial charge in [0.25, 0.3) is 0 Å². The number of hydrogen-bond donors (Lipinski definition) is 1. The van der Waals surface area contributed by atoms with E-state index in [0.717, 1.165) is 45.3 Å². The van der Waals surface area contributed by atoms with Crippen LogP contribution in [0.2, 0.25) is 0 Å². The molecule has 106 valence electrons. The number of hydrogen-bond acceptors (Lipinski definition) is 4. The van der Waals surface area contributed by atoms with E-state index in [4.69, 9.17) is 9.84 Å². The Labute approximate surface area is 115 Å². The molecule has 1 aliphatic heterocycles. The van der Waals surface area contributed by atoms with Crippen molar-refractivity contribution in [2.24, 2.45) is 0 Å². The smallest absolute Gasteiger partial charge is 0.0599 e. The fraction of sp³-hybridized carbons (Fsp3) is 0.667. The van der Waals surface area contributed by atoms with Crippen molar-refractivity contribution in [3.05, 3.63) is 30.1 Å². The zero-order valence-electron chi connectivity index (χ0n) is 11.5. The molecule has 0 atom stereocenters. The van der Waals surface area contributed by atoms with Crippen LogP contribution >= 0.6 is 0 Å². The van der Waals surface area contributed by atoms with E-state index in [1.54, 1.807) is 0 Å². The second kappa shape index (κ2) is 8.25. The molecule has 0 spiro atoms. The maximum absolute atomic E-state index is 8.72. The molecule has 0 aliphatic carbocycles. The standard InChI is InChI=1S/C15H24N2O2/c18-12-1-13-19-15-5-10-17(11-6-15)9-4-14-2-7-16-8-3-14/h2-3,7-8,15,18H,1,4-6,9-13H2. The molecule has 4 nitrogen and oxygen atoms in total. The average molecular weight is 264 g/mol. The lowest BCUT2D eigenvalue weighted by molar-refractivity contribution is 0.00255. The number of rotatable bonds is 7. The van der Waals surface area contributed by atoms with E-state index in [0.29, 0.717) is 12.7 Å². The number of aliphatic hydroxyl groups excluding tert-OH is 1. The lowest BCUT2D eigenvalue weighted by Gasteiger charge is -2.31. The van der Waals surface area contributed by atoms with E-state index in [9.17, 15) is 0 Å². The summed E-state index contributed by atoms with van der Waals surface area (Å²) in [5, 5.41) is 8.72. The van der Waals surface area contributed by atoms with Crippen LogP contribution in [0.15, 0.2) is 24.5 Å². The SMILES string of the molecule is OCCCOC1CCN(CCc2ccncc2)CC1. The monoisotopic (exact) mass is 264 g/mol. The maximum atomic E-state index is 8.72.